The van der Waals surface area contributed by atoms with Crippen molar-refractivity contribution in [1.29, 1.82) is 0 Å². The third-order valence-corrected chi connectivity index (χ3v) is 7.39. The predicted molar refractivity (Wildman–Crippen MR) is 142 cm³/mol. The van der Waals surface area contributed by atoms with Gasteiger partial charge in [-0.15, -0.1) is 0 Å². The minimum absolute atomic E-state index is 0.271. The second-order valence-corrected chi connectivity index (χ2v) is 10.3. The van der Waals surface area contributed by atoms with E-state index in [1.54, 1.807) is 36.4 Å². The summed E-state index contributed by atoms with van der Waals surface area (Å²) in [7, 11) is 0. The van der Waals surface area contributed by atoms with Crippen molar-refractivity contribution < 1.29 is 9.53 Å². The summed E-state index contributed by atoms with van der Waals surface area (Å²) >= 11 is 29.0. The lowest BCUT2D eigenvalue weighted by Crippen LogP contribution is -2.19. The third kappa shape index (κ3) is 6.07. The number of nitrogens with zero attached hydrogens (tertiary/aromatic N) is 1. The van der Waals surface area contributed by atoms with Crippen LogP contribution in [-0.4, -0.2) is 11.1 Å². The molecule has 3 aromatic carbocycles. The average molecular weight is 603 g/mol. The van der Waals surface area contributed by atoms with Crippen molar-refractivity contribution in [2.24, 2.45) is 4.99 Å². The highest BCUT2D eigenvalue weighted by atomic mass is 79.9. The van der Waals surface area contributed by atoms with Crippen LogP contribution in [0, 0.1) is 0 Å². The van der Waals surface area contributed by atoms with E-state index in [4.69, 9.17) is 51.1 Å². The Bertz CT molecular complexity index is 1310. The van der Waals surface area contributed by atoms with Crippen LogP contribution >= 0.6 is 74.1 Å². The first kappa shape index (κ1) is 24.5. The van der Waals surface area contributed by atoms with Gasteiger partial charge in [-0.2, -0.15) is 0 Å². The van der Waals surface area contributed by atoms with E-state index in [1.165, 1.54) is 11.8 Å². The van der Waals surface area contributed by atoms with E-state index in [9.17, 15) is 4.79 Å². The molecule has 4 nitrogen and oxygen atoms in total. The molecule has 0 atom stereocenters. The molecule has 168 valence electrons. The van der Waals surface area contributed by atoms with E-state index in [0.29, 0.717) is 41.6 Å². The van der Waals surface area contributed by atoms with Gasteiger partial charge in [0, 0.05) is 10.0 Å². The molecule has 0 aromatic heterocycles. The topological polar surface area (TPSA) is 50.7 Å². The predicted octanol–water partition coefficient (Wildman–Crippen LogP) is 8.53. The van der Waals surface area contributed by atoms with Gasteiger partial charge in [0.2, 0.25) is 0 Å². The van der Waals surface area contributed by atoms with E-state index in [0.717, 1.165) is 15.6 Å². The van der Waals surface area contributed by atoms with Gasteiger partial charge < -0.3 is 10.1 Å². The number of halogens is 5. The largest absolute Gasteiger partial charge is 0.488 e. The number of rotatable bonds is 5. The van der Waals surface area contributed by atoms with Crippen molar-refractivity contribution >= 4 is 96.9 Å². The van der Waals surface area contributed by atoms with Crippen LogP contribution in [0.15, 0.2) is 69.0 Å². The number of amides is 1. The van der Waals surface area contributed by atoms with Gasteiger partial charge in [0.15, 0.2) is 5.17 Å². The van der Waals surface area contributed by atoms with E-state index in [-0.39, 0.29) is 12.5 Å². The van der Waals surface area contributed by atoms with Crippen molar-refractivity contribution in [3.05, 3.63) is 95.2 Å². The zero-order valence-corrected chi connectivity index (χ0v) is 22.0. The summed E-state index contributed by atoms with van der Waals surface area (Å²) in [5, 5.41) is 4.81. The highest BCUT2D eigenvalue weighted by Crippen LogP contribution is 2.36. The Hall–Kier alpha value is -1.67. The van der Waals surface area contributed by atoms with Crippen molar-refractivity contribution in [2.45, 2.75) is 6.61 Å². The number of thioether (sulfide) groups is 1. The molecule has 0 aliphatic carbocycles. The van der Waals surface area contributed by atoms with Crippen molar-refractivity contribution in [3.63, 3.8) is 0 Å². The summed E-state index contributed by atoms with van der Waals surface area (Å²) in [6.07, 6.45) is 1.75. The lowest BCUT2D eigenvalue weighted by Gasteiger charge is -2.11. The summed E-state index contributed by atoms with van der Waals surface area (Å²) in [5.74, 6) is 0.334. The molecule has 1 aliphatic rings. The van der Waals surface area contributed by atoms with Gasteiger partial charge in [0.1, 0.15) is 12.4 Å². The number of benzene rings is 3. The number of carbonyl (C=O) groups excluding carboxylic acids is 1. The van der Waals surface area contributed by atoms with Crippen molar-refractivity contribution in [3.8, 4) is 5.75 Å². The first-order valence-electron chi connectivity index (χ1n) is 9.40. The van der Waals surface area contributed by atoms with Crippen LogP contribution in [0.5, 0.6) is 5.75 Å². The molecule has 33 heavy (non-hydrogen) atoms. The fraction of sp³-hybridized carbons (Fsp3) is 0.0435. The maximum absolute atomic E-state index is 12.6. The molecule has 1 N–H and O–H groups in total. The standard InChI is InChI=1S/C23H13BrCl4N2O2S/c24-14-5-7-19(32-11-12-4-6-15(25)17(27)8-12)13(9-14)10-20-22(31)30-23(33-20)29-18-3-1-2-16(26)21(18)28/h1-10H,11H2,(H,29,30,31)/b20-10+. The molecule has 1 fully saturated rings. The third-order valence-electron chi connectivity index (χ3n) is 4.44. The lowest BCUT2D eigenvalue weighted by atomic mass is 10.2. The molecule has 1 heterocycles. The number of hydrogen-bond acceptors (Lipinski definition) is 4. The second kappa shape index (κ2) is 10.7. The summed E-state index contributed by atoms with van der Waals surface area (Å²) in [6, 6.07) is 16.0. The number of hydrogen-bond donors (Lipinski definition) is 1. The monoisotopic (exact) mass is 600 g/mol. The van der Waals surface area contributed by atoms with Crippen molar-refractivity contribution in [1.82, 2.24) is 5.32 Å². The zero-order chi connectivity index (χ0) is 23.5. The fourth-order valence-electron chi connectivity index (χ4n) is 2.86. The average Bonchev–Trinajstić information content (AvgIpc) is 3.12. The van der Waals surface area contributed by atoms with Crippen molar-refractivity contribution in [2.75, 3.05) is 0 Å². The summed E-state index contributed by atoms with van der Waals surface area (Å²) in [5.41, 5.74) is 2.07. The first-order chi connectivity index (χ1) is 15.8. The summed E-state index contributed by atoms with van der Waals surface area (Å²) in [4.78, 5) is 17.4. The number of amidine groups is 1. The molecule has 1 saturated heterocycles. The Kier molecular flexibility index (Phi) is 7.95. The van der Waals surface area contributed by atoms with Crippen LogP contribution in [0.25, 0.3) is 6.08 Å². The van der Waals surface area contributed by atoms with Crippen LogP contribution in [0.3, 0.4) is 0 Å². The van der Waals surface area contributed by atoms with E-state index in [2.05, 4.69) is 26.2 Å². The van der Waals surface area contributed by atoms with Gasteiger partial charge in [0.25, 0.3) is 5.91 Å². The molecule has 1 amide bonds. The normalized spacial score (nSPS) is 15.8. The molecule has 10 heteroatoms. The molecule has 0 saturated carbocycles. The Morgan fingerprint density at radius 3 is 2.61 bits per heavy atom. The maximum Gasteiger partial charge on any atom is 0.264 e. The number of carbonyl (C=O) groups is 1. The minimum atomic E-state index is -0.271. The van der Waals surface area contributed by atoms with E-state index in [1.807, 2.05) is 24.3 Å². The van der Waals surface area contributed by atoms with Crippen LogP contribution in [0.1, 0.15) is 11.1 Å². The van der Waals surface area contributed by atoms with Gasteiger partial charge in [-0.1, -0.05) is 74.5 Å². The van der Waals surface area contributed by atoms with Crippen LogP contribution in [0.4, 0.5) is 5.69 Å². The fourth-order valence-corrected chi connectivity index (χ4v) is 4.73. The van der Waals surface area contributed by atoms with E-state index >= 15 is 0 Å². The minimum Gasteiger partial charge on any atom is -0.488 e. The highest BCUT2D eigenvalue weighted by molar-refractivity contribution is 9.10. The number of nitrogens with one attached hydrogen (secondary N) is 1. The smallest absolute Gasteiger partial charge is 0.264 e. The molecule has 3 aromatic rings. The number of ether oxygens (including phenoxy) is 1. The van der Waals surface area contributed by atoms with Crippen LogP contribution in [-0.2, 0) is 11.4 Å². The quantitative estimate of drug-likeness (QED) is 0.298. The molecule has 0 unspecified atom stereocenters. The molecule has 1 aliphatic heterocycles. The molecule has 0 radical (unpaired) electrons. The van der Waals surface area contributed by atoms with Gasteiger partial charge in [0.05, 0.1) is 30.7 Å². The van der Waals surface area contributed by atoms with Crippen LogP contribution in [0.2, 0.25) is 20.1 Å². The van der Waals surface area contributed by atoms with Gasteiger partial charge in [-0.05, 0) is 65.9 Å². The van der Waals surface area contributed by atoms with Gasteiger partial charge in [-0.3, -0.25) is 4.79 Å². The van der Waals surface area contributed by atoms with Crippen LogP contribution < -0.4 is 10.1 Å². The highest BCUT2D eigenvalue weighted by Gasteiger charge is 2.25. The first-order valence-corrected chi connectivity index (χ1v) is 12.5. The van der Waals surface area contributed by atoms with Gasteiger partial charge in [-0.25, -0.2) is 4.99 Å². The van der Waals surface area contributed by atoms with E-state index < -0.39 is 0 Å². The lowest BCUT2D eigenvalue weighted by molar-refractivity contribution is -0.115. The SMILES string of the molecule is O=C1NC(=Nc2cccc(Cl)c2Cl)S/C1=C/c1cc(Br)ccc1OCc1ccc(Cl)c(Cl)c1. The number of aliphatic imine (C=N–C) groups is 1. The zero-order valence-electron chi connectivity index (χ0n) is 16.5. The summed E-state index contributed by atoms with van der Waals surface area (Å²) in [6.45, 7) is 0.286. The van der Waals surface area contributed by atoms with Gasteiger partial charge >= 0.3 is 0 Å². The Balaban J connectivity index is 1.57. The molecule has 0 bridgehead atoms. The molecular weight excluding hydrogens is 590 g/mol. The Morgan fingerprint density at radius 1 is 1.00 bits per heavy atom. The summed E-state index contributed by atoms with van der Waals surface area (Å²) < 4.78 is 6.85. The maximum atomic E-state index is 12.6. The molecule has 0 spiro atoms. The Labute approximate surface area is 223 Å². The molecular formula is C23H13BrCl4N2O2S. The second-order valence-electron chi connectivity index (χ2n) is 6.77. The molecule has 4 rings (SSSR count). The Morgan fingerprint density at radius 2 is 1.82 bits per heavy atom.